The SMILES string of the molecule is CC(C)(C)S(=O)(=O)Cc1cccc(NC(=O)C2(N)CCOCC2)c1.Cl. The van der Waals surface area contributed by atoms with Crippen LogP contribution in [0, 0.1) is 0 Å². The second-order valence-corrected chi connectivity index (χ2v) is 10.0. The van der Waals surface area contributed by atoms with Gasteiger partial charge in [-0.3, -0.25) is 4.79 Å². The Morgan fingerprint density at radius 1 is 1.28 bits per heavy atom. The van der Waals surface area contributed by atoms with Crippen molar-refractivity contribution in [2.24, 2.45) is 5.73 Å². The van der Waals surface area contributed by atoms with Crippen molar-refractivity contribution >= 4 is 33.8 Å². The second kappa shape index (κ2) is 8.03. The number of halogens is 1. The van der Waals surface area contributed by atoms with Crippen LogP contribution >= 0.6 is 12.4 Å². The summed E-state index contributed by atoms with van der Waals surface area (Å²) in [6.45, 7) is 5.97. The van der Waals surface area contributed by atoms with Gasteiger partial charge in [0, 0.05) is 18.9 Å². The van der Waals surface area contributed by atoms with Gasteiger partial charge in [0.1, 0.15) is 5.54 Å². The summed E-state index contributed by atoms with van der Waals surface area (Å²) >= 11 is 0. The number of nitrogens with one attached hydrogen (secondary N) is 1. The summed E-state index contributed by atoms with van der Waals surface area (Å²) < 4.78 is 29.1. The monoisotopic (exact) mass is 390 g/mol. The lowest BCUT2D eigenvalue weighted by Crippen LogP contribution is -2.54. The fraction of sp³-hybridized carbons (Fsp3) is 0.588. The van der Waals surface area contributed by atoms with Gasteiger partial charge in [-0.05, 0) is 51.3 Å². The van der Waals surface area contributed by atoms with Crippen LogP contribution in [0.15, 0.2) is 24.3 Å². The van der Waals surface area contributed by atoms with Gasteiger partial charge in [-0.1, -0.05) is 12.1 Å². The molecule has 3 N–H and O–H groups in total. The molecule has 1 amide bonds. The molecule has 0 bridgehead atoms. The standard InChI is InChI=1S/C17H26N2O4S.ClH/c1-16(2,3)24(21,22)12-13-5-4-6-14(11-13)19-15(20)17(18)7-9-23-10-8-17;/h4-6,11H,7-10,12,18H2,1-3H3,(H,19,20);1H. The van der Waals surface area contributed by atoms with E-state index in [2.05, 4.69) is 5.32 Å². The maximum absolute atomic E-state index is 12.4. The number of sulfone groups is 1. The fourth-order valence-corrected chi connectivity index (χ4v) is 3.44. The minimum absolute atomic E-state index is 0. The molecule has 1 aromatic carbocycles. The van der Waals surface area contributed by atoms with Crippen LogP contribution in [-0.2, 0) is 25.1 Å². The molecule has 1 heterocycles. The summed E-state index contributed by atoms with van der Waals surface area (Å²) in [6.07, 6.45) is 0.938. The average molecular weight is 391 g/mol. The Morgan fingerprint density at radius 2 is 1.88 bits per heavy atom. The Hall–Kier alpha value is -1.15. The first-order chi connectivity index (χ1) is 11.0. The molecular formula is C17H27ClN2O4S. The first kappa shape index (κ1) is 21.9. The van der Waals surface area contributed by atoms with E-state index in [0.717, 1.165) is 0 Å². The van der Waals surface area contributed by atoms with E-state index < -0.39 is 20.1 Å². The zero-order chi connectivity index (χ0) is 18.0. The Morgan fingerprint density at radius 3 is 2.44 bits per heavy atom. The van der Waals surface area contributed by atoms with Crippen LogP contribution in [0.2, 0.25) is 0 Å². The van der Waals surface area contributed by atoms with E-state index in [4.69, 9.17) is 10.5 Å². The number of benzene rings is 1. The lowest BCUT2D eigenvalue weighted by Gasteiger charge is -2.31. The maximum atomic E-state index is 12.4. The first-order valence-electron chi connectivity index (χ1n) is 8.03. The summed E-state index contributed by atoms with van der Waals surface area (Å²) in [5.74, 6) is -0.330. The van der Waals surface area contributed by atoms with Gasteiger partial charge in [-0.25, -0.2) is 8.42 Å². The van der Waals surface area contributed by atoms with Gasteiger partial charge < -0.3 is 15.8 Å². The molecule has 25 heavy (non-hydrogen) atoms. The number of hydrogen-bond donors (Lipinski definition) is 2. The van der Waals surface area contributed by atoms with Crippen LogP contribution in [0.1, 0.15) is 39.2 Å². The molecule has 8 heteroatoms. The Kier molecular flexibility index (Phi) is 7.03. The molecule has 0 atom stereocenters. The highest BCUT2D eigenvalue weighted by molar-refractivity contribution is 7.91. The van der Waals surface area contributed by atoms with Crippen molar-refractivity contribution in [3.8, 4) is 0 Å². The summed E-state index contributed by atoms with van der Waals surface area (Å²) in [5.41, 5.74) is 6.41. The lowest BCUT2D eigenvalue weighted by atomic mass is 9.90. The molecule has 0 aliphatic carbocycles. The highest BCUT2D eigenvalue weighted by Crippen LogP contribution is 2.23. The molecule has 6 nitrogen and oxygen atoms in total. The van der Waals surface area contributed by atoms with E-state index >= 15 is 0 Å². The topological polar surface area (TPSA) is 98.5 Å². The van der Waals surface area contributed by atoms with Gasteiger partial charge in [0.05, 0.1) is 10.5 Å². The molecule has 1 fully saturated rings. The van der Waals surface area contributed by atoms with E-state index in [1.165, 1.54) is 0 Å². The normalized spacial score (nSPS) is 17.4. The fourth-order valence-electron chi connectivity index (χ4n) is 2.39. The zero-order valence-corrected chi connectivity index (χ0v) is 16.5. The molecule has 1 saturated heterocycles. The average Bonchev–Trinajstić information content (AvgIpc) is 2.46. The van der Waals surface area contributed by atoms with E-state index in [1.807, 2.05) is 0 Å². The van der Waals surface area contributed by atoms with E-state index in [1.54, 1.807) is 45.0 Å². The van der Waals surface area contributed by atoms with Crippen molar-refractivity contribution in [1.82, 2.24) is 0 Å². The van der Waals surface area contributed by atoms with Gasteiger partial charge in [-0.15, -0.1) is 12.4 Å². The third-order valence-electron chi connectivity index (χ3n) is 4.31. The summed E-state index contributed by atoms with van der Waals surface area (Å²) in [4.78, 5) is 12.4. The van der Waals surface area contributed by atoms with Crippen LogP contribution in [-0.4, -0.2) is 37.8 Å². The molecular weight excluding hydrogens is 364 g/mol. The molecule has 1 aliphatic heterocycles. The van der Waals surface area contributed by atoms with Crippen molar-refractivity contribution in [2.75, 3.05) is 18.5 Å². The quantitative estimate of drug-likeness (QED) is 0.821. The lowest BCUT2D eigenvalue weighted by molar-refractivity contribution is -0.124. The molecule has 1 aromatic rings. The molecule has 0 unspecified atom stereocenters. The van der Waals surface area contributed by atoms with Gasteiger partial charge in [0.25, 0.3) is 0 Å². The molecule has 1 aliphatic rings. The Labute approximate surface area is 155 Å². The molecule has 2 rings (SSSR count). The number of carbonyl (C=O) groups excluding carboxylic acids is 1. The summed E-state index contributed by atoms with van der Waals surface area (Å²) in [7, 11) is -3.28. The Bertz CT molecular complexity index is 708. The summed E-state index contributed by atoms with van der Waals surface area (Å²) in [6, 6.07) is 6.89. The highest BCUT2D eigenvalue weighted by Gasteiger charge is 2.36. The molecule has 0 spiro atoms. The van der Waals surface area contributed by atoms with Crippen molar-refractivity contribution in [2.45, 2.75) is 49.7 Å². The third-order valence-corrected chi connectivity index (χ3v) is 6.89. The number of carbonyl (C=O) groups is 1. The Balaban J connectivity index is 0.00000312. The first-order valence-corrected chi connectivity index (χ1v) is 9.68. The number of nitrogens with two attached hydrogens (primary N) is 1. The van der Waals surface area contributed by atoms with E-state index in [9.17, 15) is 13.2 Å². The van der Waals surface area contributed by atoms with Crippen LogP contribution in [0.5, 0.6) is 0 Å². The smallest absolute Gasteiger partial charge is 0.244 e. The minimum atomic E-state index is -3.28. The second-order valence-electron chi connectivity index (χ2n) is 7.29. The number of rotatable bonds is 4. The number of anilines is 1. The summed E-state index contributed by atoms with van der Waals surface area (Å²) in [5, 5.41) is 2.80. The molecule has 142 valence electrons. The predicted octanol–water partition coefficient (Wildman–Crippen LogP) is 2.27. The maximum Gasteiger partial charge on any atom is 0.244 e. The van der Waals surface area contributed by atoms with Crippen molar-refractivity contribution in [3.63, 3.8) is 0 Å². The van der Waals surface area contributed by atoms with Gasteiger partial charge in [0.2, 0.25) is 5.91 Å². The van der Waals surface area contributed by atoms with E-state index in [-0.39, 0.29) is 24.1 Å². The number of hydrogen-bond acceptors (Lipinski definition) is 5. The van der Waals surface area contributed by atoms with Crippen LogP contribution in [0.3, 0.4) is 0 Å². The molecule has 0 saturated carbocycles. The largest absolute Gasteiger partial charge is 0.381 e. The van der Waals surface area contributed by atoms with Gasteiger partial charge in [0.15, 0.2) is 9.84 Å². The zero-order valence-electron chi connectivity index (χ0n) is 14.9. The molecule has 0 aromatic heterocycles. The van der Waals surface area contributed by atoms with Gasteiger partial charge >= 0.3 is 0 Å². The third kappa shape index (κ3) is 5.41. The van der Waals surface area contributed by atoms with Crippen LogP contribution < -0.4 is 11.1 Å². The van der Waals surface area contributed by atoms with Crippen molar-refractivity contribution < 1.29 is 17.9 Å². The number of amides is 1. The van der Waals surface area contributed by atoms with Crippen molar-refractivity contribution in [1.29, 1.82) is 0 Å². The van der Waals surface area contributed by atoms with Crippen molar-refractivity contribution in [3.05, 3.63) is 29.8 Å². The van der Waals surface area contributed by atoms with E-state index in [0.29, 0.717) is 37.3 Å². The highest BCUT2D eigenvalue weighted by atomic mass is 35.5. The number of ether oxygens (including phenoxy) is 1. The van der Waals surface area contributed by atoms with Crippen LogP contribution in [0.4, 0.5) is 5.69 Å². The van der Waals surface area contributed by atoms with Gasteiger partial charge in [-0.2, -0.15) is 0 Å². The molecule has 0 radical (unpaired) electrons. The van der Waals surface area contributed by atoms with Crippen LogP contribution in [0.25, 0.3) is 0 Å². The minimum Gasteiger partial charge on any atom is -0.381 e. The predicted molar refractivity (Wildman–Crippen MR) is 102 cm³/mol.